The van der Waals surface area contributed by atoms with E-state index in [9.17, 15) is 4.79 Å². The SMILES string of the molecule is Cn1nccc1-c1cc(NC(=O)Nc2ccc(Cl)cc2)ccc1OCCCN1CCCC1. The van der Waals surface area contributed by atoms with Crippen LogP contribution in [0.4, 0.5) is 16.2 Å². The van der Waals surface area contributed by atoms with Crippen molar-refractivity contribution >= 4 is 29.0 Å². The fourth-order valence-corrected chi connectivity index (χ4v) is 4.00. The number of benzene rings is 2. The molecule has 0 aliphatic carbocycles. The van der Waals surface area contributed by atoms with E-state index in [0.29, 0.717) is 23.0 Å². The number of hydrogen-bond acceptors (Lipinski definition) is 4. The highest BCUT2D eigenvalue weighted by molar-refractivity contribution is 6.30. The molecule has 3 aromatic rings. The molecule has 1 aliphatic rings. The quantitative estimate of drug-likeness (QED) is 0.457. The van der Waals surface area contributed by atoms with E-state index in [1.165, 1.54) is 25.9 Å². The number of halogens is 1. The summed E-state index contributed by atoms with van der Waals surface area (Å²) in [4.78, 5) is 14.9. The molecule has 0 atom stereocenters. The van der Waals surface area contributed by atoms with Gasteiger partial charge in [0.1, 0.15) is 5.75 Å². The van der Waals surface area contributed by atoms with Gasteiger partial charge in [0, 0.05) is 41.8 Å². The van der Waals surface area contributed by atoms with Crippen LogP contribution in [0, 0.1) is 0 Å². The summed E-state index contributed by atoms with van der Waals surface area (Å²) in [6.07, 6.45) is 5.32. The summed E-state index contributed by atoms with van der Waals surface area (Å²) < 4.78 is 7.93. The van der Waals surface area contributed by atoms with Crippen LogP contribution in [0.3, 0.4) is 0 Å². The summed E-state index contributed by atoms with van der Waals surface area (Å²) in [6, 6.07) is 14.2. The predicted octanol–water partition coefficient (Wildman–Crippen LogP) is 5.25. The molecular weight excluding hydrogens is 426 g/mol. The molecule has 4 rings (SSSR count). The zero-order chi connectivity index (χ0) is 22.3. The number of rotatable bonds is 8. The molecule has 7 nitrogen and oxygen atoms in total. The van der Waals surface area contributed by atoms with E-state index in [-0.39, 0.29) is 6.03 Å². The van der Waals surface area contributed by atoms with Crippen molar-refractivity contribution in [3.63, 3.8) is 0 Å². The van der Waals surface area contributed by atoms with Crippen molar-refractivity contribution in [1.82, 2.24) is 14.7 Å². The van der Waals surface area contributed by atoms with Crippen molar-refractivity contribution in [2.75, 3.05) is 36.9 Å². The second-order valence-corrected chi connectivity index (χ2v) is 8.32. The Morgan fingerprint density at radius 1 is 1.06 bits per heavy atom. The van der Waals surface area contributed by atoms with E-state index < -0.39 is 0 Å². The molecule has 0 spiro atoms. The summed E-state index contributed by atoms with van der Waals surface area (Å²) >= 11 is 5.90. The number of nitrogens with one attached hydrogen (secondary N) is 2. The lowest BCUT2D eigenvalue weighted by atomic mass is 10.1. The Kier molecular flexibility index (Phi) is 7.29. The zero-order valence-electron chi connectivity index (χ0n) is 18.2. The molecule has 1 saturated heterocycles. The lowest BCUT2D eigenvalue weighted by molar-refractivity contribution is 0.262. The molecule has 2 N–H and O–H groups in total. The van der Waals surface area contributed by atoms with Crippen molar-refractivity contribution in [1.29, 1.82) is 0 Å². The third kappa shape index (κ3) is 5.81. The second kappa shape index (κ2) is 10.5. The van der Waals surface area contributed by atoms with Crippen molar-refractivity contribution < 1.29 is 9.53 Å². The monoisotopic (exact) mass is 453 g/mol. The number of carbonyl (C=O) groups is 1. The minimum atomic E-state index is -0.331. The number of aromatic nitrogens is 2. The second-order valence-electron chi connectivity index (χ2n) is 7.89. The first kappa shape index (κ1) is 22.2. The van der Waals surface area contributed by atoms with Gasteiger partial charge in [0.15, 0.2) is 0 Å². The van der Waals surface area contributed by atoms with E-state index in [2.05, 4.69) is 20.6 Å². The van der Waals surface area contributed by atoms with Gasteiger partial charge in [0.05, 0.1) is 12.3 Å². The number of nitrogens with zero attached hydrogens (tertiary/aromatic N) is 3. The summed E-state index contributed by atoms with van der Waals surface area (Å²) in [5.41, 5.74) is 3.13. The van der Waals surface area contributed by atoms with Gasteiger partial charge in [-0.05, 0) is 80.9 Å². The largest absolute Gasteiger partial charge is 0.493 e. The minimum Gasteiger partial charge on any atom is -0.493 e. The Hall–Kier alpha value is -3.03. The molecule has 1 fully saturated rings. The van der Waals surface area contributed by atoms with Crippen molar-refractivity contribution in [3.8, 4) is 17.0 Å². The van der Waals surface area contributed by atoms with E-state index in [4.69, 9.17) is 16.3 Å². The number of likely N-dealkylation sites (tertiary alicyclic amines) is 1. The first-order chi connectivity index (χ1) is 15.6. The molecule has 2 heterocycles. The molecular formula is C24H28ClN5O2. The summed E-state index contributed by atoms with van der Waals surface area (Å²) in [6.45, 7) is 4.09. The van der Waals surface area contributed by atoms with E-state index >= 15 is 0 Å². The van der Waals surface area contributed by atoms with Crippen molar-refractivity contribution in [2.45, 2.75) is 19.3 Å². The Morgan fingerprint density at radius 2 is 1.78 bits per heavy atom. The molecule has 0 bridgehead atoms. The van der Waals surface area contributed by atoms with Crippen LogP contribution in [0.1, 0.15) is 19.3 Å². The Bertz CT molecular complexity index is 1040. The van der Waals surface area contributed by atoms with Crippen molar-refractivity contribution in [2.24, 2.45) is 7.05 Å². The lowest BCUT2D eigenvalue weighted by Crippen LogP contribution is -2.22. The van der Waals surface area contributed by atoms with E-state index in [0.717, 1.165) is 30.0 Å². The van der Waals surface area contributed by atoms with Gasteiger partial charge in [0.25, 0.3) is 0 Å². The lowest BCUT2D eigenvalue weighted by Gasteiger charge is -2.17. The smallest absolute Gasteiger partial charge is 0.323 e. The summed E-state index contributed by atoms with van der Waals surface area (Å²) in [5, 5.41) is 10.6. The maximum absolute atomic E-state index is 12.4. The third-order valence-electron chi connectivity index (χ3n) is 5.51. The van der Waals surface area contributed by atoms with Gasteiger partial charge < -0.3 is 20.3 Å². The molecule has 0 radical (unpaired) electrons. The highest BCUT2D eigenvalue weighted by atomic mass is 35.5. The van der Waals surface area contributed by atoms with Gasteiger partial charge in [-0.2, -0.15) is 5.10 Å². The molecule has 0 saturated carbocycles. The average molecular weight is 454 g/mol. The van der Waals surface area contributed by atoms with E-state index in [1.54, 1.807) is 35.1 Å². The van der Waals surface area contributed by atoms with Crippen LogP contribution in [-0.2, 0) is 7.05 Å². The highest BCUT2D eigenvalue weighted by Gasteiger charge is 2.14. The van der Waals surface area contributed by atoms with Crippen LogP contribution >= 0.6 is 11.6 Å². The standard InChI is InChI=1S/C24H28ClN5O2/c1-29-22(11-12-26-29)21-17-20(28-24(31)27-19-7-5-18(25)6-8-19)9-10-23(21)32-16-4-15-30-13-2-3-14-30/h5-12,17H,2-4,13-16H2,1H3,(H2,27,28,31). The molecule has 1 aliphatic heterocycles. The first-order valence-corrected chi connectivity index (χ1v) is 11.3. The fourth-order valence-electron chi connectivity index (χ4n) is 3.88. The number of carbonyl (C=O) groups excluding carboxylic acids is 1. The number of amides is 2. The van der Waals surface area contributed by atoms with Crippen LogP contribution in [0.5, 0.6) is 5.75 Å². The van der Waals surface area contributed by atoms with Gasteiger partial charge >= 0.3 is 6.03 Å². The highest BCUT2D eigenvalue weighted by Crippen LogP contribution is 2.32. The minimum absolute atomic E-state index is 0.331. The van der Waals surface area contributed by atoms with E-state index in [1.807, 2.05) is 31.3 Å². The fraction of sp³-hybridized carbons (Fsp3) is 0.333. The Morgan fingerprint density at radius 3 is 2.50 bits per heavy atom. The zero-order valence-corrected chi connectivity index (χ0v) is 18.9. The molecule has 2 amide bonds. The number of hydrogen-bond donors (Lipinski definition) is 2. The third-order valence-corrected chi connectivity index (χ3v) is 5.76. The molecule has 1 aromatic heterocycles. The van der Waals surface area contributed by atoms with Crippen LogP contribution in [0.15, 0.2) is 54.7 Å². The number of anilines is 2. The number of aryl methyl sites for hydroxylation is 1. The molecule has 2 aromatic carbocycles. The normalized spacial score (nSPS) is 13.8. The Labute approximate surface area is 193 Å². The van der Waals surface area contributed by atoms with Gasteiger partial charge in [-0.1, -0.05) is 11.6 Å². The van der Waals surface area contributed by atoms with Gasteiger partial charge in [-0.3, -0.25) is 4.68 Å². The predicted molar refractivity (Wildman–Crippen MR) is 129 cm³/mol. The first-order valence-electron chi connectivity index (χ1n) is 10.9. The average Bonchev–Trinajstić information content (AvgIpc) is 3.45. The van der Waals surface area contributed by atoms with Crippen LogP contribution < -0.4 is 15.4 Å². The number of urea groups is 1. The van der Waals surface area contributed by atoms with Gasteiger partial charge in [-0.15, -0.1) is 0 Å². The summed E-state index contributed by atoms with van der Waals surface area (Å²) in [5.74, 6) is 0.777. The molecule has 0 unspecified atom stereocenters. The molecule has 168 valence electrons. The maximum atomic E-state index is 12.4. The van der Waals surface area contributed by atoms with Crippen LogP contribution in [0.25, 0.3) is 11.3 Å². The molecule has 8 heteroatoms. The van der Waals surface area contributed by atoms with Gasteiger partial charge in [-0.25, -0.2) is 4.79 Å². The van der Waals surface area contributed by atoms with Crippen LogP contribution in [0.2, 0.25) is 5.02 Å². The maximum Gasteiger partial charge on any atom is 0.323 e. The van der Waals surface area contributed by atoms with Crippen molar-refractivity contribution in [3.05, 3.63) is 59.8 Å². The Balaban J connectivity index is 1.43. The summed E-state index contributed by atoms with van der Waals surface area (Å²) in [7, 11) is 1.89. The number of ether oxygens (including phenoxy) is 1. The van der Waals surface area contributed by atoms with Gasteiger partial charge in [0.2, 0.25) is 0 Å². The molecule has 32 heavy (non-hydrogen) atoms. The topological polar surface area (TPSA) is 71.4 Å². The van der Waals surface area contributed by atoms with Crippen LogP contribution in [-0.4, -0.2) is 47.0 Å².